The van der Waals surface area contributed by atoms with Gasteiger partial charge in [0.2, 0.25) is 0 Å². The molecule has 2 aromatic carbocycles. The molecule has 0 fully saturated rings. The molecule has 2 nitrogen and oxygen atoms in total. The molecule has 1 heterocycles. The van der Waals surface area contributed by atoms with Crippen LogP contribution in [0.25, 0.3) is 0 Å². The van der Waals surface area contributed by atoms with Gasteiger partial charge in [0, 0.05) is 30.8 Å². The minimum atomic E-state index is -0.0877. The third-order valence-electron chi connectivity index (χ3n) is 3.75. The van der Waals surface area contributed by atoms with E-state index in [2.05, 4.69) is 17.1 Å². The average molecular weight is 332 g/mol. The third kappa shape index (κ3) is 3.09. The van der Waals surface area contributed by atoms with E-state index in [1.165, 1.54) is 0 Å². The van der Waals surface area contributed by atoms with E-state index in [0.29, 0.717) is 21.2 Å². The van der Waals surface area contributed by atoms with Crippen molar-refractivity contribution in [1.29, 1.82) is 0 Å². The lowest BCUT2D eigenvalue weighted by atomic mass is 9.98. The Labute approximate surface area is 140 Å². The summed E-state index contributed by atoms with van der Waals surface area (Å²) in [6.45, 7) is 2.58. The SMILES string of the molecule is O=C(c1ccccc1CN1CC=CC1)c1cccc(Cl)c1Cl. The van der Waals surface area contributed by atoms with Crippen LogP contribution in [0, 0.1) is 0 Å². The van der Waals surface area contributed by atoms with E-state index in [-0.39, 0.29) is 5.78 Å². The Morgan fingerprint density at radius 3 is 2.41 bits per heavy atom. The van der Waals surface area contributed by atoms with E-state index < -0.39 is 0 Å². The smallest absolute Gasteiger partial charge is 0.194 e. The Balaban J connectivity index is 1.93. The van der Waals surface area contributed by atoms with E-state index in [1.54, 1.807) is 18.2 Å². The lowest BCUT2D eigenvalue weighted by Gasteiger charge is -2.17. The zero-order valence-electron chi connectivity index (χ0n) is 11.9. The predicted molar refractivity (Wildman–Crippen MR) is 90.8 cm³/mol. The van der Waals surface area contributed by atoms with Crippen molar-refractivity contribution >= 4 is 29.0 Å². The van der Waals surface area contributed by atoms with Gasteiger partial charge in [-0.25, -0.2) is 0 Å². The molecule has 3 rings (SSSR count). The molecule has 1 aliphatic rings. The first-order valence-electron chi connectivity index (χ1n) is 7.11. The standard InChI is InChI=1S/C18H15Cl2NO/c19-16-9-5-8-15(17(16)20)18(22)14-7-2-1-6-13(14)12-21-10-3-4-11-21/h1-9H,10-12H2. The Bertz CT molecular complexity index is 732. The molecule has 0 amide bonds. The van der Waals surface area contributed by atoms with Gasteiger partial charge >= 0.3 is 0 Å². The maximum Gasteiger partial charge on any atom is 0.194 e. The molecule has 0 N–H and O–H groups in total. The van der Waals surface area contributed by atoms with Crippen molar-refractivity contribution in [2.75, 3.05) is 13.1 Å². The van der Waals surface area contributed by atoms with Gasteiger partial charge in [-0.15, -0.1) is 0 Å². The zero-order valence-corrected chi connectivity index (χ0v) is 13.4. The number of nitrogens with zero attached hydrogens (tertiary/aromatic N) is 1. The second kappa shape index (κ2) is 6.66. The summed E-state index contributed by atoms with van der Waals surface area (Å²) in [5.41, 5.74) is 2.13. The van der Waals surface area contributed by atoms with E-state index in [9.17, 15) is 4.79 Å². The molecule has 0 aliphatic carbocycles. The highest BCUT2D eigenvalue weighted by Crippen LogP contribution is 2.28. The van der Waals surface area contributed by atoms with Crippen LogP contribution >= 0.6 is 23.2 Å². The number of rotatable bonds is 4. The first-order valence-corrected chi connectivity index (χ1v) is 7.86. The minimum Gasteiger partial charge on any atom is -0.292 e. The molecule has 0 saturated carbocycles. The van der Waals surface area contributed by atoms with Crippen LogP contribution in [-0.2, 0) is 6.54 Å². The molecule has 0 bridgehead atoms. The van der Waals surface area contributed by atoms with Crippen molar-refractivity contribution in [3.05, 3.63) is 81.4 Å². The van der Waals surface area contributed by atoms with Gasteiger partial charge in [-0.2, -0.15) is 0 Å². The molecule has 4 heteroatoms. The van der Waals surface area contributed by atoms with Gasteiger partial charge in [0.05, 0.1) is 10.0 Å². The minimum absolute atomic E-state index is 0.0877. The van der Waals surface area contributed by atoms with Crippen LogP contribution in [0.15, 0.2) is 54.6 Å². The molecule has 1 aliphatic heterocycles. The molecule has 0 spiro atoms. The fraction of sp³-hybridized carbons (Fsp3) is 0.167. The Morgan fingerprint density at radius 1 is 0.955 bits per heavy atom. The van der Waals surface area contributed by atoms with Crippen molar-refractivity contribution < 1.29 is 4.79 Å². The van der Waals surface area contributed by atoms with Crippen LogP contribution in [0.4, 0.5) is 0 Å². The molecule has 0 atom stereocenters. The number of halogens is 2. The molecular formula is C18H15Cl2NO. The Morgan fingerprint density at radius 2 is 1.64 bits per heavy atom. The summed E-state index contributed by atoms with van der Waals surface area (Å²) in [7, 11) is 0. The normalized spacial score (nSPS) is 14.5. The molecule has 0 radical (unpaired) electrons. The summed E-state index contributed by atoms with van der Waals surface area (Å²) in [6, 6.07) is 12.8. The maximum atomic E-state index is 12.8. The van der Waals surface area contributed by atoms with Gasteiger partial charge in [0.25, 0.3) is 0 Å². The first-order chi connectivity index (χ1) is 10.7. The number of carbonyl (C=O) groups is 1. The second-order valence-electron chi connectivity index (χ2n) is 5.25. The van der Waals surface area contributed by atoms with Gasteiger partial charge in [-0.3, -0.25) is 9.69 Å². The van der Waals surface area contributed by atoms with Gasteiger partial charge < -0.3 is 0 Å². The third-order valence-corrected chi connectivity index (χ3v) is 4.56. The van der Waals surface area contributed by atoms with Crippen molar-refractivity contribution in [2.45, 2.75) is 6.54 Å². The summed E-state index contributed by atoms with van der Waals surface area (Å²) >= 11 is 12.2. The van der Waals surface area contributed by atoms with Crippen molar-refractivity contribution in [3.8, 4) is 0 Å². The van der Waals surface area contributed by atoms with Crippen LogP contribution in [0.5, 0.6) is 0 Å². The summed E-state index contributed by atoms with van der Waals surface area (Å²) < 4.78 is 0. The molecule has 0 aromatic heterocycles. The van der Waals surface area contributed by atoms with Crippen LogP contribution in [0.2, 0.25) is 10.0 Å². The molecule has 2 aromatic rings. The van der Waals surface area contributed by atoms with Crippen molar-refractivity contribution in [2.24, 2.45) is 0 Å². The lowest BCUT2D eigenvalue weighted by Crippen LogP contribution is -2.21. The summed E-state index contributed by atoms with van der Waals surface area (Å²) in [4.78, 5) is 15.1. The molecular weight excluding hydrogens is 317 g/mol. The van der Waals surface area contributed by atoms with E-state index >= 15 is 0 Å². The molecule has 22 heavy (non-hydrogen) atoms. The first kappa shape index (κ1) is 15.3. The van der Waals surface area contributed by atoms with E-state index in [4.69, 9.17) is 23.2 Å². The number of carbonyl (C=O) groups excluding carboxylic acids is 1. The fourth-order valence-electron chi connectivity index (χ4n) is 2.60. The topological polar surface area (TPSA) is 20.3 Å². The van der Waals surface area contributed by atoms with Crippen LogP contribution < -0.4 is 0 Å². The Hall–Kier alpha value is -1.61. The summed E-state index contributed by atoms with van der Waals surface area (Å²) in [6.07, 6.45) is 4.27. The van der Waals surface area contributed by atoms with Crippen LogP contribution in [-0.4, -0.2) is 23.8 Å². The van der Waals surface area contributed by atoms with Crippen LogP contribution in [0.3, 0.4) is 0 Å². The highest BCUT2D eigenvalue weighted by molar-refractivity contribution is 6.44. The monoisotopic (exact) mass is 331 g/mol. The molecule has 0 unspecified atom stereocenters. The van der Waals surface area contributed by atoms with Crippen molar-refractivity contribution in [3.63, 3.8) is 0 Å². The Kier molecular flexibility index (Phi) is 4.63. The average Bonchev–Trinajstić information content (AvgIpc) is 3.03. The number of benzene rings is 2. The van der Waals surface area contributed by atoms with Gasteiger partial charge in [-0.05, 0) is 17.7 Å². The highest BCUT2D eigenvalue weighted by atomic mass is 35.5. The second-order valence-corrected chi connectivity index (χ2v) is 6.04. The number of ketones is 1. The lowest BCUT2D eigenvalue weighted by molar-refractivity contribution is 0.103. The summed E-state index contributed by atoms with van der Waals surface area (Å²) in [5, 5.41) is 0.709. The largest absolute Gasteiger partial charge is 0.292 e. The quantitative estimate of drug-likeness (QED) is 0.603. The van der Waals surface area contributed by atoms with Gasteiger partial charge in [0.1, 0.15) is 0 Å². The predicted octanol–water partition coefficient (Wildman–Crippen LogP) is 4.60. The van der Waals surface area contributed by atoms with E-state index in [1.807, 2.05) is 24.3 Å². The molecule has 0 saturated heterocycles. The zero-order chi connectivity index (χ0) is 15.5. The molecule has 112 valence electrons. The van der Waals surface area contributed by atoms with Crippen molar-refractivity contribution in [1.82, 2.24) is 4.90 Å². The van der Waals surface area contributed by atoms with E-state index in [0.717, 1.165) is 25.2 Å². The van der Waals surface area contributed by atoms with Gasteiger partial charge in [-0.1, -0.05) is 65.7 Å². The fourth-order valence-corrected chi connectivity index (χ4v) is 2.98. The summed E-state index contributed by atoms with van der Waals surface area (Å²) in [5.74, 6) is -0.0877. The number of hydrogen-bond donors (Lipinski definition) is 0. The maximum absolute atomic E-state index is 12.8. The highest BCUT2D eigenvalue weighted by Gasteiger charge is 2.19. The van der Waals surface area contributed by atoms with Crippen LogP contribution in [0.1, 0.15) is 21.5 Å². The number of hydrogen-bond acceptors (Lipinski definition) is 2. The van der Waals surface area contributed by atoms with Gasteiger partial charge in [0.15, 0.2) is 5.78 Å².